The fourth-order valence-electron chi connectivity index (χ4n) is 3.19. The van der Waals surface area contributed by atoms with Crippen LogP contribution in [-0.4, -0.2) is 11.1 Å². The zero-order chi connectivity index (χ0) is 20.5. The molecular weight excluding hydrogens is 556 g/mol. The summed E-state index contributed by atoms with van der Waals surface area (Å²) in [4.78, 5) is 12.6. The Bertz CT molecular complexity index is 889. The predicted molar refractivity (Wildman–Crippen MR) is 119 cm³/mol. The predicted octanol–water partition coefficient (Wildman–Crippen LogP) is 7.02. The molecule has 7 heteroatoms. The van der Waals surface area contributed by atoms with E-state index in [9.17, 15) is 9.90 Å². The second kappa shape index (κ2) is 8.59. The highest BCUT2D eigenvalue weighted by molar-refractivity contribution is 9.28. The second-order valence-corrected chi connectivity index (χ2v) is 10.8. The van der Waals surface area contributed by atoms with Crippen LogP contribution in [0, 0.1) is 17.3 Å². The van der Waals surface area contributed by atoms with E-state index in [1.807, 2.05) is 30.3 Å². The minimum absolute atomic E-state index is 0.123. The van der Waals surface area contributed by atoms with Crippen molar-refractivity contribution in [2.75, 3.05) is 0 Å². The lowest BCUT2D eigenvalue weighted by Crippen LogP contribution is -2.12. The summed E-state index contributed by atoms with van der Waals surface area (Å²) in [5, 5.41) is 8.79. The normalized spacial score (nSPS) is 20.8. The Morgan fingerprint density at radius 2 is 1.82 bits per heavy atom. The molecular formula is C21H19Br3O4. The number of carbonyl (C=O) groups is 1. The van der Waals surface area contributed by atoms with E-state index >= 15 is 0 Å². The lowest BCUT2D eigenvalue weighted by Gasteiger charge is -2.14. The van der Waals surface area contributed by atoms with Crippen LogP contribution >= 0.6 is 47.8 Å². The smallest absolute Gasteiger partial charge is 0.311 e. The maximum Gasteiger partial charge on any atom is 0.311 e. The van der Waals surface area contributed by atoms with Crippen molar-refractivity contribution in [1.29, 1.82) is 0 Å². The number of esters is 1. The van der Waals surface area contributed by atoms with Crippen LogP contribution in [0.25, 0.3) is 0 Å². The topological polar surface area (TPSA) is 55.8 Å². The lowest BCUT2D eigenvalue weighted by atomic mass is 10.1. The van der Waals surface area contributed by atoms with E-state index < -0.39 is 5.01 Å². The van der Waals surface area contributed by atoms with Crippen LogP contribution in [0.1, 0.15) is 24.4 Å². The van der Waals surface area contributed by atoms with Gasteiger partial charge < -0.3 is 14.6 Å². The Morgan fingerprint density at radius 1 is 1.14 bits per heavy atom. The van der Waals surface area contributed by atoms with Crippen LogP contribution in [0.2, 0.25) is 0 Å². The van der Waals surface area contributed by atoms with Crippen LogP contribution < -0.4 is 4.74 Å². The van der Waals surface area contributed by atoms with Crippen molar-refractivity contribution in [3.8, 4) is 17.2 Å². The molecule has 0 aliphatic heterocycles. The van der Waals surface area contributed by atoms with Gasteiger partial charge in [-0.15, -0.1) is 0 Å². The van der Waals surface area contributed by atoms with Gasteiger partial charge in [-0.1, -0.05) is 32.1 Å². The van der Waals surface area contributed by atoms with Crippen LogP contribution in [0.4, 0.5) is 0 Å². The molecule has 0 amide bonds. The molecule has 3 atom stereocenters. The molecule has 0 heterocycles. The van der Waals surface area contributed by atoms with Gasteiger partial charge in [0.25, 0.3) is 0 Å². The molecule has 0 radical (unpaired) electrons. The monoisotopic (exact) mass is 572 g/mol. The van der Waals surface area contributed by atoms with E-state index in [0.717, 1.165) is 8.96 Å². The number of halogens is 3. The first-order chi connectivity index (χ1) is 13.2. The standard InChI is InChI=1S/C21H19Br3O4/c1-21(2)16(11-17(22)23)18(21)20(26)28-19(24)12-4-3-5-15(10-12)27-14-8-6-13(25)7-9-14/h3-11,16,18-19,25H,1-2H3/t16-,18-,19-/m0/s1. The van der Waals surface area contributed by atoms with E-state index in [1.165, 1.54) is 0 Å². The number of carbonyl (C=O) groups excluding carboxylic acids is 1. The quantitative estimate of drug-likeness (QED) is 0.297. The van der Waals surface area contributed by atoms with E-state index in [1.54, 1.807) is 24.3 Å². The second-order valence-electron chi connectivity index (χ2n) is 7.20. The van der Waals surface area contributed by atoms with Crippen molar-refractivity contribution in [2.24, 2.45) is 17.3 Å². The van der Waals surface area contributed by atoms with Crippen molar-refractivity contribution in [1.82, 2.24) is 0 Å². The number of aromatic hydroxyl groups is 1. The first-order valence-corrected chi connectivity index (χ1v) is 11.1. The molecule has 1 aliphatic carbocycles. The average Bonchev–Trinajstić information content (AvgIpc) is 3.16. The zero-order valence-electron chi connectivity index (χ0n) is 15.2. The first kappa shape index (κ1) is 21.4. The largest absolute Gasteiger partial charge is 0.508 e. The first-order valence-electron chi connectivity index (χ1n) is 8.62. The Kier molecular flexibility index (Phi) is 6.57. The van der Waals surface area contributed by atoms with Crippen molar-refractivity contribution < 1.29 is 19.4 Å². The molecule has 3 rings (SSSR count). The Morgan fingerprint density at radius 3 is 2.46 bits per heavy atom. The summed E-state index contributed by atoms with van der Waals surface area (Å²) in [5.41, 5.74) is 0.636. The van der Waals surface area contributed by atoms with Gasteiger partial charge in [0.1, 0.15) is 17.2 Å². The van der Waals surface area contributed by atoms with Gasteiger partial charge >= 0.3 is 5.97 Å². The third-order valence-corrected chi connectivity index (χ3v) is 6.13. The molecule has 4 nitrogen and oxygen atoms in total. The van der Waals surface area contributed by atoms with Crippen molar-refractivity contribution in [3.63, 3.8) is 0 Å². The molecule has 0 spiro atoms. The summed E-state index contributed by atoms with van der Waals surface area (Å²) in [6, 6.07) is 13.8. The molecule has 0 unspecified atom stereocenters. The van der Waals surface area contributed by atoms with Crippen LogP contribution in [0.3, 0.4) is 0 Å². The number of alkyl halides is 1. The van der Waals surface area contributed by atoms with E-state index in [-0.39, 0.29) is 29.0 Å². The highest BCUT2D eigenvalue weighted by atomic mass is 79.9. The molecule has 1 N–H and O–H groups in total. The SMILES string of the molecule is CC1(C)[C@H](C(=O)O[C@H](Br)c2cccc(Oc3ccc(O)cc3)c2)[C@@H]1C=C(Br)Br. The third kappa shape index (κ3) is 4.99. The zero-order valence-corrected chi connectivity index (χ0v) is 20.0. The number of hydrogen-bond acceptors (Lipinski definition) is 4. The van der Waals surface area contributed by atoms with E-state index in [0.29, 0.717) is 11.5 Å². The number of benzene rings is 2. The highest BCUT2D eigenvalue weighted by Crippen LogP contribution is 2.60. The van der Waals surface area contributed by atoms with Gasteiger partial charge in [-0.2, -0.15) is 0 Å². The van der Waals surface area contributed by atoms with Crippen LogP contribution in [0.5, 0.6) is 17.2 Å². The van der Waals surface area contributed by atoms with Gasteiger partial charge in [0.2, 0.25) is 0 Å². The molecule has 1 saturated carbocycles. The average molecular weight is 575 g/mol. The maximum absolute atomic E-state index is 12.6. The summed E-state index contributed by atoms with van der Waals surface area (Å²) in [7, 11) is 0. The van der Waals surface area contributed by atoms with Gasteiger partial charge in [-0.05, 0) is 95.5 Å². The van der Waals surface area contributed by atoms with Gasteiger partial charge in [-0.3, -0.25) is 4.79 Å². The summed E-state index contributed by atoms with van der Waals surface area (Å²) in [6.45, 7) is 4.11. The lowest BCUT2D eigenvalue weighted by molar-refractivity contribution is -0.147. The minimum atomic E-state index is -0.572. The number of phenols is 1. The number of hydrogen-bond donors (Lipinski definition) is 1. The Hall–Kier alpha value is -1.31. The number of ether oxygens (including phenoxy) is 2. The van der Waals surface area contributed by atoms with Gasteiger partial charge in [0.05, 0.1) is 9.31 Å². The fraction of sp³-hybridized carbons (Fsp3) is 0.286. The summed E-state index contributed by atoms with van der Waals surface area (Å²) in [6.07, 6.45) is 1.99. The van der Waals surface area contributed by atoms with Crippen LogP contribution in [0.15, 0.2) is 58.0 Å². The molecule has 2 aromatic rings. The van der Waals surface area contributed by atoms with Gasteiger partial charge in [-0.25, -0.2) is 0 Å². The number of rotatable bonds is 6. The molecule has 0 aromatic heterocycles. The Balaban J connectivity index is 1.66. The molecule has 28 heavy (non-hydrogen) atoms. The summed E-state index contributed by atoms with van der Waals surface area (Å²) >= 11 is 10.2. The van der Waals surface area contributed by atoms with Gasteiger partial charge in [0.15, 0.2) is 5.01 Å². The van der Waals surface area contributed by atoms with Gasteiger partial charge in [0, 0.05) is 5.56 Å². The number of allylic oxidation sites excluding steroid dienone is 1. The maximum atomic E-state index is 12.6. The summed E-state index contributed by atoms with van der Waals surface area (Å²) < 4.78 is 12.3. The summed E-state index contributed by atoms with van der Waals surface area (Å²) in [5.74, 6) is 1.09. The molecule has 1 fully saturated rings. The molecule has 0 bridgehead atoms. The van der Waals surface area contributed by atoms with Crippen molar-refractivity contribution in [2.45, 2.75) is 18.9 Å². The van der Waals surface area contributed by atoms with Crippen molar-refractivity contribution in [3.05, 3.63) is 63.6 Å². The molecule has 0 saturated heterocycles. The molecule has 1 aliphatic rings. The third-order valence-electron chi connectivity index (χ3n) is 4.88. The molecule has 148 valence electrons. The minimum Gasteiger partial charge on any atom is -0.508 e. The van der Waals surface area contributed by atoms with E-state index in [4.69, 9.17) is 9.47 Å². The fourth-order valence-corrected chi connectivity index (χ4v) is 4.23. The molecule has 2 aromatic carbocycles. The number of phenolic OH excluding ortho intramolecular Hbond substituents is 1. The van der Waals surface area contributed by atoms with Crippen molar-refractivity contribution >= 4 is 53.8 Å². The van der Waals surface area contributed by atoms with E-state index in [2.05, 4.69) is 61.6 Å². The van der Waals surface area contributed by atoms with Crippen LogP contribution in [-0.2, 0) is 9.53 Å². The Labute approximate surface area is 189 Å². The highest BCUT2D eigenvalue weighted by Gasteiger charge is 2.61.